The Morgan fingerprint density at radius 1 is 1.17 bits per heavy atom. The maximum atomic E-state index is 12.3. The minimum Gasteiger partial charge on any atom is -0.493 e. The standard InChI is InChI=1S/C17H22N2O4/c1-21-14-8-12(9-15(22-2)17(14)23-3)13(11-18)10-16(20)19-6-4-5-7-19/h8-9,13H,4-7,10H2,1-3H3. The van der Waals surface area contributed by atoms with E-state index in [1.165, 1.54) is 21.3 Å². The Hall–Kier alpha value is -2.42. The van der Waals surface area contributed by atoms with Crippen molar-refractivity contribution < 1.29 is 19.0 Å². The van der Waals surface area contributed by atoms with Gasteiger partial charge in [0.25, 0.3) is 0 Å². The monoisotopic (exact) mass is 318 g/mol. The van der Waals surface area contributed by atoms with Gasteiger partial charge in [-0.1, -0.05) is 0 Å². The first-order valence-corrected chi connectivity index (χ1v) is 7.61. The highest BCUT2D eigenvalue weighted by Crippen LogP contribution is 2.40. The van der Waals surface area contributed by atoms with Gasteiger partial charge in [-0.25, -0.2) is 0 Å². The smallest absolute Gasteiger partial charge is 0.224 e. The fourth-order valence-electron chi connectivity index (χ4n) is 2.81. The Morgan fingerprint density at radius 2 is 1.74 bits per heavy atom. The van der Waals surface area contributed by atoms with Gasteiger partial charge in [0.2, 0.25) is 11.7 Å². The van der Waals surface area contributed by atoms with Crippen molar-refractivity contribution in [2.45, 2.75) is 25.2 Å². The SMILES string of the molecule is COc1cc(C(C#N)CC(=O)N2CCCC2)cc(OC)c1OC. The summed E-state index contributed by atoms with van der Waals surface area (Å²) in [4.78, 5) is 14.1. The second kappa shape index (κ2) is 7.73. The first-order chi connectivity index (χ1) is 11.1. The number of benzene rings is 1. The van der Waals surface area contributed by atoms with Gasteiger partial charge < -0.3 is 19.1 Å². The Bertz CT molecular complexity index is 578. The average Bonchev–Trinajstić information content (AvgIpc) is 3.12. The number of hydrogen-bond donors (Lipinski definition) is 0. The summed E-state index contributed by atoms with van der Waals surface area (Å²) in [6, 6.07) is 5.67. The van der Waals surface area contributed by atoms with Crippen molar-refractivity contribution in [1.29, 1.82) is 5.26 Å². The molecule has 0 aromatic heterocycles. The third-order valence-electron chi connectivity index (χ3n) is 4.08. The van der Waals surface area contributed by atoms with Crippen LogP contribution in [0.5, 0.6) is 17.2 Å². The molecule has 1 unspecified atom stereocenters. The lowest BCUT2D eigenvalue weighted by Gasteiger charge is -2.19. The maximum Gasteiger partial charge on any atom is 0.224 e. The molecule has 6 nitrogen and oxygen atoms in total. The average molecular weight is 318 g/mol. The third-order valence-corrected chi connectivity index (χ3v) is 4.08. The summed E-state index contributed by atoms with van der Waals surface area (Å²) in [6.07, 6.45) is 2.23. The Morgan fingerprint density at radius 3 is 2.17 bits per heavy atom. The molecule has 0 N–H and O–H groups in total. The molecule has 1 amide bonds. The van der Waals surface area contributed by atoms with Gasteiger partial charge in [-0.15, -0.1) is 0 Å². The normalized spacial score (nSPS) is 15.0. The molecule has 6 heteroatoms. The molecule has 1 saturated heterocycles. The Balaban J connectivity index is 2.26. The van der Waals surface area contributed by atoms with Gasteiger partial charge in [0.1, 0.15) is 0 Å². The zero-order chi connectivity index (χ0) is 16.8. The van der Waals surface area contributed by atoms with Gasteiger partial charge >= 0.3 is 0 Å². The fourth-order valence-corrected chi connectivity index (χ4v) is 2.81. The van der Waals surface area contributed by atoms with Crippen molar-refractivity contribution in [2.24, 2.45) is 0 Å². The molecule has 0 spiro atoms. The Labute approximate surface area is 136 Å². The van der Waals surface area contributed by atoms with Crippen LogP contribution >= 0.6 is 0 Å². The van der Waals surface area contributed by atoms with E-state index in [2.05, 4.69) is 6.07 Å². The molecular formula is C17H22N2O4. The van der Waals surface area contributed by atoms with Crippen LogP contribution < -0.4 is 14.2 Å². The van der Waals surface area contributed by atoms with E-state index >= 15 is 0 Å². The van der Waals surface area contributed by atoms with E-state index in [-0.39, 0.29) is 12.3 Å². The van der Waals surface area contributed by atoms with Crippen molar-refractivity contribution in [1.82, 2.24) is 4.90 Å². The van der Waals surface area contributed by atoms with Crippen LogP contribution in [0.4, 0.5) is 0 Å². The van der Waals surface area contributed by atoms with E-state index in [1.807, 2.05) is 4.90 Å². The van der Waals surface area contributed by atoms with Crippen molar-refractivity contribution in [3.05, 3.63) is 17.7 Å². The number of carbonyl (C=O) groups is 1. The van der Waals surface area contributed by atoms with Crippen LogP contribution in [0.15, 0.2) is 12.1 Å². The number of ether oxygens (including phenoxy) is 3. The lowest BCUT2D eigenvalue weighted by Crippen LogP contribution is -2.28. The predicted molar refractivity (Wildman–Crippen MR) is 84.9 cm³/mol. The molecule has 1 aromatic carbocycles. The molecule has 0 bridgehead atoms. The van der Waals surface area contributed by atoms with Crippen LogP contribution in [0, 0.1) is 11.3 Å². The zero-order valence-electron chi connectivity index (χ0n) is 13.8. The largest absolute Gasteiger partial charge is 0.493 e. The molecule has 1 heterocycles. The summed E-state index contributed by atoms with van der Waals surface area (Å²) in [5, 5.41) is 9.49. The van der Waals surface area contributed by atoms with E-state index < -0.39 is 5.92 Å². The van der Waals surface area contributed by atoms with Crippen molar-refractivity contribution in [3.8, 4) is 23.3 Å². The number of amides is 1. The fraction of sp³-hybridized carbons (Fsp3) is 0.529. The highest BCUT2D eigenvalue weighted by molar-refractivity contribution is 5.78. The summed E-state index contributed by atoms with van der Waals surface area (Å²) >= 11 is 0. The van der Waals surface area contributed by atoms with Gasteiger partial charge in [0.15, 0.2) is 11.5 Å². The molecule has 0 saturated carbocycles. The van der Waals surface area contributed by atoms with Gasteiger partial charge in [-0.2, -0.15) is 5.26 Å². The van der Waals surface area contributed by atoms with Crippen molar-refractivity contribution in [3.63, 3.8) is 0 Å². The minimum atomic E-state index is -0.545. The molecule has 2 rings (SSSR count). The number of carbonyl (C=O) groups excluding carboxylic acids is 1. The van der Waals surface area contributed by atoms with Crippen LogP contribution in [0.3, 0.4) is 0 Å². The van der Waals surface area contributed by atoms with Gasteiger partial charge in [-0.3, -0.25) is 4.79 Å². The molecular weight excluding hydrogens is 296 g/mol. The predicted octanol–water partition coefficient (Wildman–Crippen LogP) is 2.33. The summed E-state index contributed by atoms with van der Waals surface area (Å²) < 4.78 is 15.9. The van der Waals surface area contributed by atoms with Crippen molar-refractivity contribution in [2.75, 3.05) is 34.4 Å². The topological polar surface area (TPSA) is 71.8 Å². The molecule has 1 aromatic rings. The Kier molecular flexibility index (Phi) is 5.69. The summed E-state index contributed by atoms with van der Waals surface area (Å²) in [6.45, 7) is 1.57. The number of hydrogen-bond acceptors (Lipinski definition) is 5. The second-order valence-corrected chi connectivity index (χ2v) is 5.43. The molecule has 1 aliphatic heterocycles. The molecule has 0 aliphatic carbocycles. The third kappa shape index (κ3) is 3.67. The van der Waals surface area contributed by atoms with Crippen LogP contribution in [0.2, 0.25) is 0 Å². The number of nitriles is 1. The number of methoxy groups -OCH3 is 3. The second-order valence-electron chi connectivity index (χ2n) is 5.43. The van der Waals surface area contributed by atoms with Crippen LogP contribution in [0.1, 0.15) is 30.7 Å². The molecule has 23 heavy (non-hydrogen) atoms. The summed E-state index contributed by atoms with van der Waals surface area (Å²) in [7, 11) is 4.58. The molecule has 124 valence electrons. The van der Waals surface area contributed by atoms with Crippen LogP contribution in [-0.2, 0) is 4.79 Å². The van der Waals surface area contributed by atoms with Gasteiger partial charge in [0, 0.05) is 19.5 Å². The lowest BCUT2D eigenvalue weighted by molar-refractivity contribution is -0.130. The van der Waals surface area contributed by atoms with E-state index in [0.717, 1.165) is 25.9 Å². The van der Waals surface area contributed by atoms with Crippen molar-refractivity contribution >= 4 is 5.91 Å². The maximum absolute atomic E-state index is 12.3. The van der Waals surface area contributed by atoms with Crippen LogP contribution in [-0.4, -0.2) is 45.2 Å². The minimum absolute atomic E-state index is 0.0165. The zero-order valence-corrected chi connectivity index (χ0v) is 13.8. The lowest BCUT2D eigenvalue weighted by atomic mass is 9.95. The highest BCUT2D eigenvalue weighted by atomic mass is 16.5. The molecule has 1 fully saturated rings. The molecule has 1 atom stereocenters. The quantitative estimate of drug-likeness (QED) is 0.805. The first-order valence-electron chi connectivity index (χ1n) is 7.61. The van der Waals surface area contributed by atoms with E-state index in [9.17, 15) is 10.1 Å². The summed E-state index contributed by atoms with van der Waals surface area (Å²) in [5.41, 5.74) is 0.689. The van der Waals surface area contributed by atoms with E-state index in [4.69, 9.17) is 14.2 Å². The highest BCUT2D eigenvalue weighted by Gasteiger charge is 2.24. The number of rotatable bonds is 6. The summed E-state index contributed by atoms with van der Waals surface area (Å²) in [5.74, 6) is 0.910. The van der Waals surface area contributed by atoms with E-state index in [1.54, 1.807) is 12.1 Å². The van der Waals surface area contributed by atoms with Gasteiger partial charge in [0.05, 0.1) is 33.3 Å². The number of likely N-dealkylation sites (tertiary alicyclic amines) is 1. The van der Waals surface area contributed by atoms with E-state index in [0.29, 0.717) is 22.8 Å². The van der Waals surface area contributed by atoms with Crippen LogP contribution in [0.25, 0.3) is 0 Å². The molecule has 0 radical (unpaired) electrons. The number of nitrogens with zero attached hydrogens (tertiary/aromatic N) is 2. The van der Waals surface area contributed by atoms with Gasteiger partial charge in [-0.05, 0) is 30.5 Å². The molecule has 1 aliphatic rings. The first kappa shape index (κ1) is 16.9.